The normalized spacial score (nSPS) is 18.4. The van der Waals surface area contributed by atoms with E-state index in [1.54, 1.807) is 11.9 Å². The largest absolute Gasteiger partial charge is 0.317 e. The van der Waals surface area contributed by atoms with Gasteiger partial charge in [0.2, 0.25) is 0 Å². The Balaban J connectivity index is 2.32. The van der Waals surface area contributed by atoms with Crippen molar-refractivity contribution in [3.63, 3.8) is 0 Å². The first-order valence-electron chi connectivity index (χ1n) is 6.60. The maximum absolute atomic E-state index is 12.1. The molecule has 0 N–H and O–H groups in total. The van der Waals surface area contributed by atoms with Gasteiger partial charge < -0.3 is 4.90 Å². The number of likely N-dealkylation sites (N-methyl/N-ethyl adjacent to an activating group) is 2. The molecular formula is C16H20N2OS. The summed E-state index contributed by atoms with van der Waals surface area (Å²) in [6.45, 7) is 6.55. The van der Waals surface area contributed by atoms with Crippen molar-refractivity contribution in [2.24, 2.45) is 0 Å². The Labute approximate surface area is 125 Å². The number of thiocarbonyl (C=S) groups is 1. The number of rotatable bonds is 1. The first-order chi connectivity index (χ1) is 9.21. The average Bonchev–Trinajstić information content (AvgIpc) is 2.56. The molecule has 106 valence electrons. The van der Waals surface area contributed by atoms with Crippen molar-refractivity contribution in [3.8, 4) is 0 Å². The lowest BCUT2D eigenvalue weighted by atomic mass is 9.87. The Morgan fingerprint density at radius 3 is 2.00 bits per heavy atom. The molecule has 20 heavy (non-hydrogen) atoms. The molecule has 0 unspecified atom stereocenters. The Kier molecular flexibility index (Phi) is 3.69. The summed E-state index contributed by atoms with van der Waals surface area (Å²) < 4.78 is 0. The van der Waals surface area contributed by atoms with Crippen molar-refractivity contribution in [2.45, 2.75) is 26.2 Å². The summed E-state index contributed by atoms with van der Waals surface area (Å²) in [6, 6.07) is 8.29. The van der Waals surface area contributed by atoms with Crippen LogP contribution in [0.15, 0.2) is 30.0 Å². The van der Waals surface area contributed by atoms with Crippen LogP contribution in [0.1, 0.15) is 31.9 Å². The first-order valence-corrected chi connectivity index (χ1v) is 7.00. The summed E-state index contributed by atoms with van der Waals surface area (Å²) >= 11 is 5.19. The van der Waals surface area contributed by atoms with E-state index in [1.807, 2.05) is 25.3 Å². The minimum absolute atomic E-state index is 0.0580. The number of carbonyl (C=O) groups excluding carboxylic acids is 1. The summed E-state index contributed by atoms with van der Waals surface area (Å²) in [4.78, 5) is 15.3. The highest BCUT2D eigenvalue weighted by atomic mass is 32.1. The van der Waals surface area contributed by atoms with Crippen LogP contribution in [0.25, 0.3) is 6.08 Å². The summed E-state index contributed by atoms with van der Waals surface area (Å²) in [5.41, 5.74) is 3.03. The van der Waals surface area contributed by atoms with Crippen molar-refractivity contribution in [2.75, 3.05) is 14.1 Å². The first kappa shape index (κ1) is 14.7. The topological polar surface area (TPSA) is 23.6 Å². The maximum Gasteiger partial charge on any atom is 0.276 e. The van der Waals surface area contributed by atoms with Crippen molar-refractivity contribution in [1.29, 1.82) is 0 Å². The van der Waals surface area contributed by atoms with E-state index in [-0.39, 0.29) is 11.3 Å². The number of hydrogen-bond donors (Lipinski definition) is 0. The van der Waals surface area contributed by atoms with Gasteiger partial charge in [-0.05, 0) is 34.8 Å². The Bertz CT molecular complexity index is 581. The van der Waals surface area contributed by atoms with Gasteiger partial charge in [0.25, 0.3) is 5.91 Å². The molecule has 1 aliphatic heterocycles. The second-order valence-corrected chi connectivity index (χ2v) is 6.47. The van der Waals surface area contributed by atoms with Crippen LogP contribution < -0.4 is 0 Å². The van der Waals surface area contributed by atoms with Crippen LogP contribution in [-0.2, 0) is 10.2 Å². The van der Waals surface area contributed by atoms with E-state index in [0.717, 1.165) is 5.56 Å². The second-order valence-electron chi connectivity index (χ2n) is 6.11. The lowest BCUT2D eigenvalue weighted by Crippen LogP contribution is -2.26. The Hall–Kier alpha value is -1.68. The van der Waals surface area contributed by atoms with E-state index < -0.39 is 0 Å². The predicted molar refractivity (Wildman–Crippen MR) is 86.3 cm³/mol. The smallest absolute Gasteiger partial charge is 0.276 e. The molecule has 1 aliphatic rings. The van der Waals surface area contributed by atoms with E-state index in [4.69, 9.17) is 12.2 Å². The Morgan fingerprint density at radius 2 is 1.60 bits per heavy atom. The number of nitrogens with zero attached hydrogens (tertiary/aromatic N) is 2. The van der Waals surface area contributed by atoms with Gasteiger partial charge in [0.05, 0.1) is 0 Å². The highest BCUT2D eigenvalue weighted by molar-refractivity contribution is 7.80. The minimum Gasteiger partial charge on any atom is -0.317 e. The van der Waals surface area contributed by atoms with Crippen molar-refractivity contribution in [1.82, 2.24) is 9.80 Å². The monoisotopic (exact) mass is 288 g/mol. The molecule has 2 rings (SSSR count). The molecule has 0 atom stereocenters. The third kappa shape index (κ3) is 2.61. The van der Waals surface area contributed by atoms with Crippen LogP contribution in [-0.4, -0.2) is 34.9 Å². The molecule has 0 aliphatic carbocycles. The predicted octanol–water partition coefficient (Wildman–Crippen LogP) is 3.01. The van der Waals surface area contributed by atoms with Crippen LogP contribution >= 0.6 is 12.2 Å². The van der Waals surface area contributed by atoms with Crippen LogP contribution in [0, 0.1) is 0 Å². The van der Waals surface area contributed by atoms with Crippen molar-refractivity contribution < 1.29 is 4.79 Å². The van der Waals surface area contributed by atoms with Crippen molar-refractivity contribution in [3.05, 3.63) is 41.1 Å². The minimum atomic E-state index is -0.0580. The molecule has 1 aromatic rings. The summed E-state index contributed by atoms with van der Waals surface area (Å²) in [6.07, 6.45) is 1.88. The quantitative estimate of drug-likeness (QED) is 0.586. The molecule has 0 bridgehead atoms. The van der Waals surface area contributed by atoms with Gasteiger partial charge in [-0.15, -0.1) is 0 Å². The zero-order valence-corrected chi connectivity index (χ0v) is 13.4. The number of amides is 1. The molecule has 0 aromatic heterocycles. The summed E-state index contributed by atoms with van der Waals surface area (Å²) in [7, 11) is 3.52. The molecule has 1 saturated heterocycles. The molecule has 0 spiro atoms. The zero-order valence-electron chi connectivity index (χ0n) is 12.6. The third-order valence-electron chi connectivity index (χ3n) is 3.54. The number of carbonyl (C=O) groups is 1. The van der Waals surface area contributed by atoms with E-state index >= 15 is 0 Å². The van der Waals surface area contributed by atoms with Crippen LogP contribution in [0.4, 0.5) is 0 Å². The fourth-order valence-corrected chi connectivity index (χ4v) is 2.31. The van der Waals surface area contributed by atoms with Gasteiger partial charge in [-0.25, -0.2) is 0 Å². The van der Waals surface area contributed by atoms with Gasteiger partial charge >= 0.3 is 0 Å². The van der Waals surface area contributed by atoms with E-state index in [0.29, 0.717) is 10.8 Å². The van der Waals surface area contributed by atoms with Gasteiger partial charge in [-0.1, -0.05) is 45.0 Å². The lowest BCUT2D eigenvalue weighted by Gasteiger charge is -2.18. The number of hydrogen-bond acceptors (Lipinski definition) is 2. The second kappa shape index (κ2) is 5.02. The standard InChI is InChI=1S/C16H20N2OS/c1-16(2,3)12-8-6-11(7-9-12)10-13-14(19)18(5)15(20)17(13)4/h6-10H,1-5H3/b13-10-. The van der Waals surface area contributed by atoms with Crippen LogP contribution in [0.2, 0.25) is 0 Å². The van der Waals surface area contributed by atoms with Crippen molar-refractivity contribution >= 4 is 29.3 Å². The van der Waals surface area contributed by atoms with Gasteiger partial charge in [-0.2, -0.15) is 0 Å². The molecule has 1 aromatic carbocycles. The molecular weight excluding hydrogens is 268 g/mol. The fourth-order valence-electron chi connectivity index (χ4n) is 2.13. The van der Waals surface area contributed by atoms with Gasteiger partial charge in [-0.3, -0.25) is 9.69 Å². The van der Waals surface area contributed by atoms with E-state index in [9.17, 15) is 4.79 Å². The third-order valence-corrected chi connectivity index (χ3v) is 4.09. The Morgan fingerprint density at radius 1 is 1.05 bits per heavy atom. The van der Waals surface area contributed by atoms with E-state index in [2.05, 4.69) is 32.9 Å². The van der Waals surface area contributed by atoms with Gasteiger partial charge in [0, 0.05) is 14.1 Å². The highest BCUT2D eigenvalue weighted by Gasteiger charge is 2.32. The lowest BCUT2D eigenvalue weighted by molar-refractivity contribution is -0.121. The van der Waals surface area contributed by atoms with Crippen LogP contribution in [0.3, 0.4) is 0 Å². The number of benzene rings is 1. The molecule has 1 heterocycles. The van der Waals surface area contributed by atoms with E-state index in [1.165, 1.54) is 10.5 Å². The summed E-state index contributed by atoms with van der Waals surface area (Å²) in [5.74, 6) is -0.0580. The van der Waals surface area contributed by atoms with Gasteiger partial charge in [0.15, 0.2) is 5.11 Å². The van der Waals surface area contributed by atoms with Crippen LogP contribution in [0.5, 0.6) is 0 Å². The molecule has 4 heteroatoms. The SMILES string of the molecule is CN1C(=O)/C(=C/c2ccc(C(C)(C)C)cc2)N(C)C1=S. The fraction of sp³-hybridized carbons (Fsp3) is 0.375. The molecule has 1 fully saturated rings. The zero-order chi connectivity index (χ0) is 15.1. The highest BCUT2D eigenvalue weighted by Crippen LogP contribution is 2.24. The van der Waals surface area contributed by atoms with Gasteiger partial charge in [0.1, 0.15) is 5.70 Å². The maximum atomic E-state index is 12.1. The molecule has 0 radical (unpaired) electrons. The summed E-state index contributed by atoms with van der Waals surface area (Å²) in [5, 5.41) is 0.535. The molecule has 3 nitrogen and oxygen atoms in total. The average molecular weight is 288 g/mol. The molecule has 0 saturated carbocycles. The molecule has 1 amide bonds.